The third-order valence-electron chi connectivity index (χ3n) is 5.14. The Labute approximate surface area is 191 Å². The summed E-state index contributed by atoms with van der Waals surface area (Å²) in [5.74, 6) is 0.333. The molecule has 2 aromatic rings. The molecule has 8 heteroatoms. The van der Waals surface area contributed by atoms with Gasteiger partial charge in [-0.25, -0.2) is 4.79 Å². The Morgan fingerprint density at radius 3 is 2.31 bits per heavy atom. The van der Waals surface area contributed by atoms with Crippen LogP contribution in [-0.2, 0) is 14.3 Å². The van der Waals surface area contributed by atoms with Crippen molar-refractivity contribution in [3.63, 3.8) is 0 Å². The molecule has 1 aliphatic rings. The lowest BCUT2D eigenvalue weighted by Crippen LogP contribution is -2.24. The first-order chi connectivity index (χ1) is 15.4. The predicted octanol–water partition coefficient (Wildman–Crippen LogP) is 4.31. The van der Waals surface area contributed by atoms with E-state index < -0.39 is 5.97 Å². The van der Waals surface area contributed by atoms with Gasteiger partial charge in [0.2, 0.25) is 5.75 Å². The molecule has 32 heavy (non-hydrogen) atoms. The van der Waals surface area contributed by atoms with Crippen molar-refractivity contribution >= 4 is 35.4 Å². The average molecular weight is 456 g/mol. The zero-order valence-electron chi connectivity index (χ0n) is 18.8. The molecule has 168 valence electrons. The van der Waals surface area contributed by atoms with E-state index in [0.29, 0.717) is 34.2 Å². The van der Waals surface area contributed by atoms with Crippen LogP contribution in [0.4, 0.5) is 5.69 Å². The van der Waals surface area contributed by atoms with E-state index in [4.69, 9.17) is 18.9 Å². The number of rotatable bonds is 7. The molecule has 1 amide bonds. The van der Waals surface area contributed by atoms with Gasteiger partial charge in [0.25, 0.3) is 5.91 Å². The molecule has 0 aromatic heterocycles. The number of nitrogens with zero attached hydrogens (tertiary/aromatic N) is 1. The Morgan fingerprint density at radius 2 is 1.72 bits per heavy atom. The number of allylic oxidation sites excluding steroid dienone is 1. The van der Waals surface area contributed by atoms with Crippen molar-refractivity contribution in [3.8, 4) is 17.2 Å². The van der Waals surface area contributed by atoms with Crippen molar-refractivity contribution in [2.24, 2.45) is 0 Å². The molecule has 0 unspecified atom stereocenters. The van der Waals surface area contributed by atoms with Gasteiger partial charge in [0.15, 0.2) is 11.5 Å². The summed E-state index contributed by atoms with van der Waals surface area (Å²) >= 11 is 1.57. The number of thioether (sulfide) groups is 1. The van der Waals surface area contributed by atoms with E-state index in [1.165, 1.54) is 33.3 Å². The Balaban J connectivity index is 2.21. The van der Waals surface area contributed by atoms with Gasteiger partial charge in [-0.15, -0.1) is 11.8 Å². The highest BCUT2D eigenvalue weighted by Gasteiger charge is 2.38. The number of hydrogen-bond acceptors (Lipinski definition) is 7. The predicted molar refractivity (Wildman–Crippen MR) is 125 cm³/mol. The molecular formula is C24H25NO6S. The summed E-state index contributed by atoms with van der Waals surface area (Å²) in [6.45, 7) is 1.72. The molecule has 2 aromatic carbocycles. The highest BCUT2D eigenvalue weighted by molar-refractivity contribution is 7.98. The fraction of sp³-hybridized carbons (Fsp3) is 0.250. The molecule has 7 nitrogen and oxygen atoms in total. The van der Waals surface area contributed by atoms with Crippen LogP contribution in [0.1, 0.15) is 12.5 Å². The number of ether oxygens (including phenoxy) is 4. The smallest absolute Gasteiger partial charge is 0.340 e. The largest absolute Gasteiger partial charge is 0.493 e. The zero-order chi connectivity index (χ0) is 23.4. The first kappa shape index (κ1) is 23.3. The number of carbonyl (C=O) groups is 2. The Morgan fingerprint density at radius 1 is 1.00 bits per heavy atom. The third-order valence-corrected chi connectivity index (χ3v) is 5.86. The van der Waals surface area contributed by atoms with Crippen LogP contribution >= 0.6 is 11.8 Å². The molecular weight excluding hydrogens is 430 g/mol. The normalized spacial score (nSPS) is 14.8. The lowest BCUT2D eigenvalue weighted by atomic mass is 10.0. The second-order valence-corrected chi connectivity index (χ2v) is 7.66. The summed E-state index contributed by atoms with van der Waals surface area (Å²) in [6, 6.07) is 11.0. The number of anilines is 1. The number of hydrogen-bond donors (Lipinski definition) is 0. The monoisotopic (exact) mass is 455 g/mol. The second kappa shape index (κ2) is 9.82. The van der Waals surface area contributed by atoms with Gasteiger partial charge in [0.05, 0.1) is 45.3 Å². The van der Waals surface area contributed by atoms with Crippen molar-refractivity contribution in [2.75, 3.05) is 39.6 Å². The van der Waals surface area contributed by atoms with Gasteiger partial charge in [0, 0.05) is 16.2 Å². The second-order valence-electron chi connectivity index (χ2n) is 6.78. The third kappa shape index (κ3) is 4.05. The van der Waals surface area contributed by atoms with Crippen molar-refractivity contribution < 1.29 is 28.5 Å². The molecule has 0 atom stereocenters. The van der Waals surface area contributed by atoms with Crippen LogP contribution in [0, 0.1) is 0 Å². The van der Waals surface area contributed by atoms with Gasteiger partial charge in [-0.2, -0.15) is 0 Å². The van der Waals surface area contributed by atoms with Crippen molar-refractivity contribution in [1.29, 1.82) is 0 Å². The molecule has 0 aliphatic carbocycles. The van der Waals surface area contributed by atoms with E-state index in [1.54, 1.807) is 36.9 Å². The molecule has 0 saturated carbocycles. The molecule has 0 radical (unpaired) electrons. The van der Waals surface area contributed by atoms with Crippen LogP contribution in [0.15, 0.2) is 58.1 Å². The van der Waals surface area contributed by atoms with E-state index >= 15 is 0 Å². The van der Waals surface area contributed by atoms with Gasteiger partial charge in [0.1, 0.15) is 0 Å². The maximum absolute atomic E-state index is 13.5. The molecule has 0 spiro atoms. The number of esters is 1. The quantitative estimate of drug-likeness (QED) is 0.350. The van der Waals surface area contributed by atoms with Crippen LogP contribution in [-0.4, -0.2) is 46.6 Å². The number of carbonyl (C=O) groups excluding carboxylic acids is 2. The van der Waals surface area contributed by atoms with E-state index in [0.717, 1.165) is 4.90 Å². The minimum Gasteiger partial charge on any atom is -0.493 e. The zero-order valence-corrected chi connectivity index (χ0v) is 19.7. The highest BCUT2D eigenvalue weighted by atomic mass is 32.2. The number of amides is 1. The van der Waals surface area contributed by atoms with Gasteiger partial charge >= 0.3 is 5.97 Å². The van der Waals surface area contributed by atoms with E-state index in [2.05, 4.69) is 0 Å². The topological polar surface area (TPSA) is 74.3 Å². The SMILES string of the molecule is COC(=O)C1=C(C)N(c2cccc(SC)c2)C(=O)/C1=C\c1ccc(OC)c(OC)c1OC. The van der Waals surface area contributed by atoms with Gasteiger partial charge in [-0.1, -0.05) is 6.07 Å². The first-order valence-electron chi connectivity index (χ1n) is 9.70. The fourth-order valence-electron chi connectivity index (χ4n) is 3.63. The van der Waals surface area contributed by atoms with Gasteiger partial charge in [-0.05, 0) is 49.6 Å². The van der Waals surface area contributed by atoms with Crippen molar-refractivity contribution in [1.82, 2.24) is 0 Å². The van der Waals surface area contributed by atoms with Crippen molar-refractivity contribution in [3.05, 3.63) is 58.8 Å². The summed E-state index contributed by atoms with van der Waals surface area (Å²) in [6.07, 6.45) is 3.57. The van der Waals surface area contributed by atoms with Crippen LogP contribution in [0.2, 0.25) is 0 Å². The first-order valence-corrected chi connectivity index (χ1v) is 10.9. The summed E-state index contributed by atoms with van der Waals surface area (Å²) < 4.78 is 21.3. The number of methoxy groups -OCH3 is 4. The molecule has 1 heterocycles. The lowest BCUT2D eigenvalue weighted by Gasteiger charge is -2.18. The molecule has 1 aliphatic heterocycles. The van der Waals surface area contributed by atoms with Crippen LogP contribution in [0.5, 0.6) is 17.2 Å². The molecule has 0 saturated heterocycles. The van der Waals surface area contributed by atoms with Gasteiger partial charge < -0.3 is 18.9 Å². The molecule has 0 bridgehead atoms. The van der Waals surface area contributed by atoms with Crippen LogP contribution < -0.4 is 19.1 Å². The van der Waals surface area contributed by atoms with E-state index in [1.807, 2.05) is 30.5 Å². The fourth-order valence-corrected chi connectivity index (χ4v) is 4.09. The van der Waals surface area contributed by atoms with E-state index in [-0.39, 0.29) is 17.1 Å². The van der Waals surface area contributed by atoms with Crippen LogP contribution in [0.3, 0.4) is 0 Å². The molecule has 0 N–H and O–H groups in total. The highest BCUT2D eigenvalue weighted by Crippen LogP contribution is 2.42. The summed E-state index contributed by atoms with van der Waals surface area (Å²) in [5.41, 5.74) is 2.12. The Kier molecular flexibility index (Phi) is 7.15. The molecule has 0 fully saturated rings. The lowest BCUT2D eigenvalue weighted by molar-refractivity contribution is -0.136. The Bertz CT molecular complexity index is 1120. The maximum atomic E-state index is 13.5. The van der Waals surface area contributed by atoms with E-state index in [9.17, 15) is 9.59 Å². The number of benzene rings is 2. The summed E-state index contributed by atoms with van der Waals surface area (Å²) in [7, 11) is 5.82. The minimum absolute atomic E-state index is 0.198. The summed E-state index contributed by atoms with van der Waals surface area (Å²) in [4.78, 5) is 28.7. The average Bonchev–Trinajstić information content (AvgIpc) is 3.07. The standard InChI is InChI=1S/C24H25NO6S/c1-14-20(24(27)31-5)18(23(26)25(14)16-8-7-9-17(13-16)32-6)12-15-10-11-19(28-2)22(30-4)21(15)29-3/h7-13H,1-6H3/b18-12-. The molecule has 3 rings (SSSR count). The Hall–Kier alpha value is -3.39. The summed E-state index contributed by atoms with van der Waals surface area (Å²) in [5, 5.41) is 0. The maximum Gasteiger partial charge on any atom is 0.340 e. The minimum atomic E-state index is -0.593. The van der Waals surface area contributed by atoms with Crippen LogP contribution in [0.25, 0.3) is 6.08 Å². The van der Waals surface area contributed by atoms with Gasteiger partial charge in [-0.3, -0.25) is 9.69 Å². The van der Waals surface area contributed by atoms with Crippen molar-refractivity contribution in [2.45, 2.75) is 11.8 Å².